The van der Waals surface area contributed by atoms with Crippen LogP contribution >= 0.6 is 0 Å². The van der Waals surface area contributed by atoms with Gasteiger partial charge in [-0.1, -0.05) is 0 Å². The van der Waals surface area contributed by atoms with Crippen LogP contribution in [0.2, 0.25) is 0 Å². The average molecular weight is 91.0 g/mol. The molecule has 0 unspecified atom stereocenters. The standard InChI is InChI=1S/C3H6O.CN.Li/c1-3(2)4;1-2;/h1-2H3;;/q;-1;+1. The number of carbonyl (C=O) groups is 1. The molecule has 0 heterocycles. The summed E-state index contributed by atoms with van der Waals surface area (Å²) in [6.45, 7) is 7.81. The molecular weight excluding hydrogens is 85.0 g/mol. The maximum atomic E-state index is 9.44. The summed E-state index contributed by atoms with van der Waals surface area (Å²) in [5, 5.41) is 6.25. The normalized spacial score (nSPS) is 4.00. The molecular formula is C4H6LiNO. The minimum atomic E-state index is 0. The van der Waals surface area contributed by atoms with Crippen LogP contribution in [0.1, 0.15) is 13.8 Å². The summed E-state index contributed by atoms with van der Waals surface area (Å²) >= 11 is 0. The molecule has 7 heavy (non-hydrogen) atoms. The van der Waals surface area contributed by atoms with Gasteiger partial charge in [-0.05, 0) is 13.8 Å². The fourth-order valence-electron chi connectivity index (χ4n) is 0. The van der Waals surface area contributed by atoms with Crippen molar-refractivity contribution in [2.75, 3.05) is 0 Å². The molecule has 0 spiro atoms. The molecule has 0 aliphatic carbocycles. The summed E-state index contributed by atoms with van der Waals surface area (Å²) in [7, 11) is 0. The third kappa shape index (κ3) is 1380. The van der Waals surface area contributed by atoms with E-state index in [1.807, 2.05) is 0 Å². The first-order valence-electron chi connectivity index (χ1n) is 1.43. The van der Waals surface area contributed by atoms with Crippen molar-refractivity contribution in [3.8, 4) is 0 Å². The molecule has 0 aromatic rings. The third-order valence-corrected chi connectivity index (χ3v) is 0. The van der Waals surface area contributed by atoms with E-state index >= 15 is 0 Å². The molecule has 0 radical (unpaired) electrons. The summed E-state index contributed by atoms with van der Waals surface area (Å²) in [6, 6.07) is 0. The van der Waals surface area contributed by atoms with E-state index in [1.54, 1.807) is 0 Å². The Bertz CT molecular complexity index is 56.0. The van der Waals surface area contributed by atoms with Crippen LogP contribution in [-0.2, 0) is 4.79 Å². The Hall–Kier alpha value is -0.243. The van der Waals surface area contributed by atoms with Gasteiger partial charge in [0, 0.05) is 0 Å². The second-order valence-corrected chi connectivity index (χ2v) is 0.908. The zero-order valence-electron chi connectivity index (χ0n) is 4.86. The van der Waals surface area contributed by atoms with E-state index in [2.05, 4.69) is 0 Å². The van der Waals surface area contributed by atoms with Crippen molar-refractivity contribution in [2.45, 2.75) is 13.8 Å². The van der Waals surface area contributed by atoms with Crippen molar-refractivity contribution in [3.05, 3.63) is 6.57 Å². The summed E-state index contributed by atoms with van der Waals surface area (Å²) in [6.07, 6.45) is 0. The van der Waals surface area contributed by atoms with Crippen LogP contribution in [0.15, 0.2) is 0 Å². The van der Waals surface area contributed by atoms with E-state index in [-0.39, 0.29) is 24.6 Å². The topological polar surface area (TPSA) is 40.9 Å². The van der Waals surface area contributed by atoms with Crippen molar-refractivity contribution >= 4 is 5.78 Å². The molecule has 0 amide bonds. The molecule has 0 aliphatic rings. The second kappa shape index (κ2) is 17.1. The first-order chi connectivity index (χ1) is 2.73. The quantitative estimate of drug-likeness (QED) is 0.248. The first kappa shape index (κ1) is 15.9. The number of nitrogens with zero attached hydrogens (tertiary/aromatic N) is 1. The molecule has 0 N–H and O–H groups in total. The largest absolute Gasteiger partial charge is 1.00 e. The van der Waals surface area contributed by atoms with E-state index in [0.717, 1.165) is 0 Å². The molecule has 0 aliphatic heterocycles. The number of ketones is 1. The van der Waals surface area contributed by atoms with Crippen LogP contribution in [0.5, 0.6) is 0 Å². The van der Waals surface area contributed by atoms with Gasteiger partial charge in [-0.2, -0.15) is 0 Å². The molecule has 34 valence electrons. The molecule has 2 nitrogen and oxygen atoms in total. The molecule has 0 atom stereocenters. The van der Waals surface area contributed by atoms with E-state index in [1.165, 1.54) is 13.8 Å². The van der Waals surface area contributed by atoms with Gasteiger partial charge < -0.3 is 16.6 Å². The van der Waals surface area contributed by atoms with E-state index < -0.39 is 0 Å². The Labute approximate surface area is 55.7 Å². The van der Waals surface area contributed by atoms with E-state index in [0.29, 0.717) is 0 Å². The van der Waals surface area contributed by atoms with Gasteiger partial charge in [0.05, 0.1) is 0 Å². The maximum Gasteiger partial charge on any atom is 1.00 e. The SMILES string of the molecule is CC(C)=O.[C-]#N.[Li+]. The van der Waals surface area contributed by atoms with Gasteiger partial charge in [0.25, 0.3) is 0 Å². The minimum absolute atomic E-state index is 0. The molecule has 0 aromatic heterocycles. The zero-order chi connectivity index (χ0) is 5.58. The number of Topliss-reactive ketones (excluding diaryl/α,β-unsaturated/α-hetero) is 1. The van der Waals surface area contributed by atoms with Crippen LogP contribution < -0.4 is 18.9 Å². The number of hydrogen-bond acceptors (Lipinski definition) is 2. The first-order valence-corrected chi connectivity index (χ1v) is 1.43. The fraction of sp³-hybridized carbons (Fsp3) is 0.500. The molecule has 0 saturated carbocycles. The summed E-state index contributed by atoms with van der Waals surface area (Å²) < 4.78 is 0. The Morgan fingerprint density at radius 2 is 1.43 bits per heavy atom. The van der Waals surface area contributed by atoms with Crippen molar-refractivity contribution in [2.24, 2.45) is 0 Å². The van der Waals surface area contributed by atoms with Crippen molar-refractivity contribution in [1.82, 2.24) is 0 Å². The van der Waals surface area contributed by atoms with Crippen LogP contribution in [0, 0.1) is 11.8 Å². The predicted octanol–water partition coefficient (Wildman–Crippen LogP) is -2.30. The molecule has 0 saturated heterocycles. The van der Waals surface area contributed by atoms with Gasteiger partial charge in [-0.25, -0.2) is 0 Å². The second-order valence-electron chi connectivity index (χ2n) is 0.908. The molecule has 0 rings (SSSR count). The monoisotopic (exact) mass is 91.1 g/mol. The van der Waals surface area contributed by atoms with Gasteiger partial charge in [0.2, 0.25) is 0 Å². The summed E-state index contributed by atoms with van der Waals surface area (Å²) in [5.41, 5.74) is 0. The van der Waals surface area contributed by atoms with Crippen LogP contribution in [0.25, 0.3) is 0 Å². The predicted molar refractivity (Wildman–Crippen MR) is 21.3 cm³/mol. The van der Waals surface area contributed by atoms with Crippen molar-refractivity contribution in [3.63, 3.8) is 0 Å². The Kier molecular flexibility index (Phi) is 38.8. The van der Waals surface area contributed by atoms with Crippen LogP contribution in [-0.4, -0.2) is 5.78 Å². The van der Waals surface area contributed by atoms with Crippen molar-refractivity contribution < 1.29 is 23.7 Å². The molecule has 3 heteroatoms. The molecule has 0 fully saturated rings. The van der Waals surface area contributed by atoms with Crippen molar-refractivity contribution in [1.29, 1.82) is 5.26 Å². The minimum Gasteiger partial charge on any atom is -0.512 e. The summed E-state index contributed by atoms with van der Waals surface area (Å²) in [4.78, 5) is 9.44. The average Bonchev–Trinajstić information content (AvgIpc) is 1.41. The molecule has 0 aromatic carbocycles. The Balaban J connectivity index is -0.0000000480. The van der Waals surface area contributed by atoms with E-state index in [4.69, 9.17) is 11.8 Å². The van der Waals surface area contributed by atoms with Gasteiger partial charge in [-0.3, -0.25) is 0 Å². The fourth-order valence-corrected chi connectivity index (χ4v) is 0. The number of carbonyl (C=O) groups excluding carboxylic acids is 1. The van der Waals surface area contributed by atoms with Crippen LogP contribution in [0.4, 0.5) is 0 Å². The Morgan fingerprint density at radius 3 is 1.43 bits per heavy atom. The van der Waals surface area contributed by atoms with Gasteiger partial charge in [0.1, 0.15) is 5.78 Å². The zero-order valence-corrected chi connectivity index (χ0v) is 4.86. The summed E-state index contributed by atoms with van der Waals surface area (Å²) in [5.74, 6) is 0.167. The Morgan fingerprint density at radius 1 is 1.43 bits per heavy atom. The number of hydrogen-bond donors (Lipinski definition) is 0. The number of rotatable bonds is 0. The van der Waals surface area contributed by atoms with E-state index in [9.17, 15) is 4.79 Å². The van der Waals surface area contributed by atoms with Gasteiger partial charge in [-0.15, -0.1) is 0 Å². The molecule has 0 bridgehead atoms. The maximum absolute atomic E-state index is 9.44. The smallest absolute Gasteiger partial charge is 0.512 e. The van der Waals surface area contributed by atoms with Gasteiger partial charge in [0.15, 0.2) is 0 Å². The van der Waals surface area contributed by atoms with Gasteiger partial charge >= 0.3 is 18.9 Å². The third-order valence-electron chi connectivity index (χ3n) is 0. The van der Waals surface area contributed by atoms with Crippen LogP contribution in [0.3, 0.4) is 0 Å².